The van der Waals surface area contributed by atoms with Crippen LogP contribution in [0.4, 0.5) is 4.79 Å². The Hall–Kier alpha value is -0.810. The molecule has 1 unspecified atom stereocenters. The molecule has 2 amide bonds. The number of rotatable bonds is 7. The van der Waals surface area contributed by atoms with Gasteiger partial charge in [0.1, 0.15) is 0 Å². The molecule has 20 heavy (non-hydrogen) atoms. The molecule has 0 aromatic carbocycles. The molecule has 3 N–H and O–H groups in total. The second-order valence-electron chi connectivity index (χ2n) is 6.85. The number of nitrogens with zero attached hydrogens (tertiary/aromatic N) is 1. The highest BCUT2D eigenvalue weighted by Gasteiger charge is 2.31. The molecule has 5 heteroatoms. The molecular weight excluding hydrogens is 254 g/mol. The minimum Gasteiger partial charge on any atom is -0.388 e. The Bertz CT molecular complexity index is 289. The number of amides is 2. The molecule has 5 nitrogen and oxygen atoms in total. The molecule has 0 saturated heterocycles. The fourth-order valence-electron chi connectivity index (χ4n) is 2.88. The average molecular weight is 285 g/mol. The van der Waals surface area contributed by atoms with E-state index >= 15 is 0 Å². The van der Waals surface area contributed by atoms with Gasteiger partial charge in [0.15, 0.2) is 0 Å². The lowest BCUT2D eigenvalue weighted by molar-refractivity contribution is 0.0499. The van der Waals surface area contributed by atoms with Gasteiger partial charge in [0.05, 0.1) is 5.60 Å². The third-order valence-corrected chi connectivity index (χ3v) is 3.79. The van der Waals surface area contributed by atoms with Crippen LogP contribution in [0.5, 0.6) is 0 Å². The molecule has 1 rings (SSSR count). The van der Waals surface area contributed by atoms with Crippen molar-refractivity contribution in [3.8, 4) is 0 Å². The fraction of sp³-hybridized carbons (Fsp3) is 0.933. The van der Waals surface area contributed by atoms with Crippen molar-refractivity contribution in [3.05, 3.63) is 0 Å². The van der Waals surface area contributed by atoms with Gasteiger partial charge in [-0.15, -0.1) is 0 Å². The molecule has 1 fully saturated rings. The zero-order chi connectivity index (χ0) is 15.2. The molecule has 0 aliphatic heterocycles. The van der Waals surface area contributed by atoms with Gasteiger partial charge in [-0.2, -0.15) is 0 Å². The third kappa shape index (κ3) is 6.57. The number of nitrogens with one attached hydrogen (secondary N) is 2. The minimum atomic E-state index is -0.688. The van der Waals surface area contributed by atoms with E-state index in [0.717, 1.165) is 38.6 Å². The quantitative estimate of drug-likeness (QED) is 0.665. The molecule has 0 bridgehead atoms. The summed E-state index contributed by atoms with van der Waals surface area (Å²) in [6, 6.07) is -0.0268. The van der Waals surface area contributed by atoms with E-state index in [1.54, 1.807) is 0 Å². The number of carbonyl (C=O) groups is 1. The zero-order valence-electron chi connectivity index (χ0n) is 13.4. The largest absolute Gasteiger partial charge is 0.388 e. The van der Waals surface area contributed by atoms with Gasteiger partial charge in [-0.05, 0) is 39.3 Å². The predicted octanol–water partition coefficient (Wildman–Crippen LogP) is 1.57. The summed E-state index contributed by atoms with van der Waals surface area (Å²) in [4.78, 5) is 14.0. The maximum Gasteiger partial charge on any atom is 0.315 e. The van der Waals surface area contributed by atoms with Crippen molar-refractivity contribution in [1.29, 1.82) is 0 Å². The summed E-state index contributed by atoms with van der Waals surface area (Å²) in [5.74, 6) is 0.541. The highest BCUT2D eigenvalue weighted by atomic mass is 16.3. The first kappa shape index (κ1) is 17.2. The van der Waals surface area contributed by atoms with Gasteiger partial charge >= 0.3 is 6.03 Å². The Labute approximate surface area is 123 Å². The molecule has 1 aliphatic rings. The summed E-state index contributed by atoms with van der Waals surface area (Å²) >= 11 is 0. The van der Waals surface area contributed by atoms with E-state index in [1.807, 2.05) is 14.1 Å². The number of aliphatic hydroxyl groups is 1. The predicted molar refractivity (Wildman–Crippen MR) is 81.7 cm³/mol. The summed E-state index contributed by atoms with van der Waals surface area (Å²) in [5, 5.41) is 16.1. The Morgan fingerprint density at radius 1 is 1.30 bits per heavy atom. The lowest BCUT2D eigenvalue weighted by atomic mass is 10.0. The summed E-state index contributed by atoms with van der Waals surface area (Å²) in [7, 11) is 4.02. The van der Waals surface area contributed by atoms with Crippen LogP contribution in [-0.2, 0) is 0 Å². The standard InChI is InChI=1S/C15H31N3O2/c1-12(2)9-13(10-18(3)4)17-14(19)16-11-15(20)7-5-6-8-15/h12-13,20H,5-11H2,1-4H3,(H2,16,17,19). The highest BCUT2D eigenvalue weighted by Crippen LogP contribution is 2.28. The molecule has 118 valence electrons. The van der Waals surface area contributed by atoms with Gasteiger partial charge in [-0.25, -0.2) is 4.79 Å². The van der Waals surface area contributed by atoms with Gasteiger partial charge in [0.25, 0.3) is 0 Å². The van der Waals surface area contributed by atoms with Crippen LogP contribution < -0.4 is 10.6 Å². The van der Waals surface area contributed by atoms with E-state index in [9.17, 15) is 9.90 Å². The van der Waals surface area contributed by atoms with E-state index in [2.05, 4.69) is 29.4 Å². The maximum absolute atomic E-state index is 12.0. The van der Waals surface area contributed by atoms with Crippen LogP contribution in [0.3, 0.4) is 0 Å². The first-order valence-electron chi connectivity index (χ1n) is 7.72. The van der Waals surface area contributed by atoms with Crippen LogP contribution in [-0.4, -0.2) is 54.9 Å². The van der Waals surface area contributed by atoms with Crippen LogP contribution in [0, 0.1) is 5.92 Å². The Kier molecular flexibility index (Phi) is 6.76. The smallest absolute Gasteiger partial charge is 0.315 e. The first-order valence-corrected chi connectivity index (χ1v) is 7.72. The van der Waals surface area contributed by atoms with E-state index in [0.29, 0.717) is 12.5 Å². The lowest BCUT2D eigenvalue weighted by Crippen LogP contribution is -2.50. The van der Waals surface area contributed by atoms with E-state index in [4.69, 9.17) is 0 Å². The molecule has 0 radical (unpaired) electrons. The van der Waals surface area contributed by atoms with Gasteiger partial charge in [0, 0.05) is 19.1 Å². The van der Waals surface area contributed by atoms with E-state index < -0.39 is 5.60 Å². The molecule has 1 atom stereocenters. The van der Waals surface area contributed by atoms with Crippen molar-refractivity contribution in [1.82, 2.24) is 15.5 Å². The number of likely N-dealkylation sites (N-methyl/N-ethyl adjacent to an activating group) is 1. The Morgan fingerprint density at radius 3 is 2.40 bits per heavy atom. The Morgan fingerprint density at radius 2 is 1.90 bits per heavy atom. The van der Waals surface area contributed by atoms with Crippen molar-refractivity contribution >= 4 is 6.03 Å². The van der Waals surface area contributed by atoms with Crippen LogP contribution in [0.15, 0.2) is 0 Å². The van der Waals surface area contributed by atoms with Crippen molar-refractivity contribution < 1.29 is 9.90 Å². The average Bonchev–Trinajstić information content (AvgIpc) is 2.72. The summed E-state index contributed by atoms with van der Waals surface area (Å²) < 4.78 is 0. The molecule has 0 spiro atoms. The van der Waals surface area contributed by atoms with Gasteiger partial charge < -0.3 is 20.6 Å². The van der Waals surface area contributed by atoms with E-state index in [1.165, 1.54) is 0 Å². The molecule has 1 aliphatic carbocycles. The van der Waals surface area contributed by atoms with Crippen molar-refractivity contribution in [2.24, 2.45) is 5.92 Å². The molecule has 0 aromatic rings. The van der Waals surface area contributed by atoms with Crippen LogP contribution in [0.25, 0.3) is 0 Å². The first-order chi connectivity index (χ1) is 9.31. The summed E-state index contributed by atoms with van der Waals surface area (Å²) in [5.41, 5.74) is -0.688. The zero-order valence-corrected chi connectivity index (χ0v) is 13.4. The highest BCUT2D eigenvalue weighted by molar-refractivity contribution is 5.74. The van der Waals surface area contributed by atoms with Crippen LogP contribution >= 0.6 is 0 Å². The second-order valence-corrected chi connectivity index (χ2v) is 6.85. The van der Waals surface area contributed by atoms with Crippen LogP contribution in [0.2, 0.25) is 0 Å². The van der Waals surface area contributed by atoms with Crippen molar-refractivity contribution in [2.45, 2.75) is 57.6 Å². The third-order valence-electron chi connectivity index (χ3n) is 3.79. The summed E-state index contributed by atoms with van der Waals surface area (Å²) in [6.45, 7) is 5.50. The SMILES string of the molecule is CC(C)CC(CN(C)C)NC(=O)NCC1(O)CCCC1. The normalized spacial score (nSPS) is 19.4. The maximum atomic E-state index is 12.0. The van der Waals surface area contributed by atoms with E-state index in [-0.39, 0.29) is 12.1 Å². The number of hydrogen-bond donors (Lipinski definition) is 3. The molecule has 1 saturated carbocycles. The van der Waals surface area contributed by atoms with Crippen molar-refractivity contribution in [2.75, 3.05) is 27.2 Å². The molecule has 0 heterocycles. The molecular formula is C15H31N3O2. The monoisotopic (exact) mass is 285 g/mol. The number of carbonyl (C=O) groups excluding carboxylic acids is 1. The van der Waals surface area contributed by atoms with Gasteiger partial charge in [-0.1, -0.05) is 26.7 Å². The van der Waals surface area contributed by atoms with Crippen LogP contribution in [0.1, 0.15) is 46.0 Å². The topological polar surface area (TPSA) is 64.6 Å². The number of hydrogen-bond acceptors (Lipinski definition) is 3. The van der Waals surface area contributed by atoms with Gasteiger partial charge in [0.2, 0.25) is 0 Å². The Balaban J connectivity index is 2.36. The van der Waals surface area contributed by atoms with Crippen molar-refractivity contribution in [3.63, 3.8) is 0 Å². The fourth-order valence-corrected chi connectivity index (χ4v) is 2.88. The second kappa shape index (κ2) is 7.84. The number of urea groups is 1. The summed E-state index contributed by atoms with van der Waals surface area (Å²) in [6.07, 6.45) is 4.64. The van der Waals surface area contributed by atoms with Gasteiger partial charge in [-0.3, -0.25) is 0 Å². The molecule has 0 aromatic heterocycles. The minimum absolute atomic E-state index is 0.142. The lowest BCUT2D eigenvalue weighted by Gasteiger charge is -2.26.